The number of hydrogen-bond acceptors (Lipinski definition) is 5. The molecule has 0 aliphatic carbocycles. The van der Waals surface area contributed by atoms with Crippen LogP contribution >= 0.6 is 23.2 Å². The van der Waals surface area contributed by atoms with Gasteiger partial charge in [0.15, 0.2) is 5.75 Å². The normalized spacial score (nSPS) is 10.6. The van der Waals surface area contributed by atoms with Crippen molar-refractivity contribution in [3.05, 3.63) is 46.7 Å². The van der Waals surface area contributed by atoms with Gasteiger partial charge in [-0.05, 0) is 24.3 Å². The second-order valence-corrected chi connectivity index (χ2v) is 4.96. The Morgan fingerprint density at radius 2 is 1.95 bits per heavy atom. The Labute approximate surface area is 130 Å². The van der Waals surface area contributed by atoms with Crippen LogP contribution in [-0.4, -0.2) is 22.0 Å². The van der Waals surface area contributed by atoms with Gasteiger partial charge in [0.2, 0.25) is 11.8 Å². The van der Waals surface area contributed by atoms with Crippen LogP contribution in [-0.2, 0) is 0 Å². The van der Waals surface area contributed by atoms with Crippen LogP contribution in [0.4, 0.5) is 5.95 Å². The lowest BCUT2D eigenvalue weighted by atomic mass is 10.2. The summed E-state index contributed by atoms with van der Waals surface area (Å²) in [6.45, 7) is 0. The van der Waals surface area contributed by atoms with Crippen LogP contribution in [0.2, 0.25) is 10.0 Å². The topological polar surface area (TPSA) is 59.9 Å². The van der Waals surface area contributed by atoms with Crippen molar-refractivity contribution in [2.24, 2.45) is 0 Å². The Kier molecular flexibility index (Phi) is 3.77. The average molecular weight is 321 g/mol. The van der Waals surface area contributed by atoms with Crippen molar-refractivity contribution in [3.63, 3.8) is 0 Å². The summed E-state index contributed by atoms with van der Waals surface area (Å²) in [5.41, 5.74) is 0.644. The predicted molar refractivity (Wildman–Crippen MR) is 83.4 cm³/mol. The Hall–Kier alpha value is -2.11. The van der Waals surface area contributed by atoms with E-state index in [4.69, 9.17) is 27.9 Å². The molecule has 0 aliphatic heterocycles. The van der Waals surface area contributed by atoms with E-state index in [1.807, 2.05) is 12.1 Å². The highest BCUT2D eigenvalue weighted by atomic mass is 35.5. The van der Waals surface area contributed by atoms with Crippen molar-refractivity contribution in [1.29, 1.82) is 0 Å². The zero-order valence-electron chi connectivity index (χ0n) is 11.0. The molecule has 0 bridgehead atoms. The molecule has 0 fully saturated rings. The van der Waals surface area contributed by atoms with Gasteiger partial charge in [-0.1, -0.05) is 23.2 Å². The zero-order valence-corrected chi connectivity index (χ0v) is 12.5. The number of ether oxygens (including phenoxy) is 1. The van der Waals surface area contributed by atoms with Gasteiger partial charge in [-0.2, -0.15) is 4.98 Å². The number of anilines is 1. The van der Waals surface area contributed by atoms with Crippen molar-refractivity contribution < 1.29 is 4.74 Å². The highest BCUT2D eigenvalue weighted by Gasteiger charge is 2.12. The summed E-state index contributed by atoms with van der Waals surface area (Å²) in [6.07, 6.45) is 3.15. The minimum atomic E-state index is 0.255. The Bertz CT molecular complexity index is 810. The molecule has 0 spiro atoms. The summed E-state index contributed by atoms with van der Waals surface area (Å²) in [4.78, 5) is 12.5. The SMILES string of the molecule is CNc1ncc(Cl)c(Oc2ccc(Cl)c3cccnc23)n1. The monoisotopic (exact) mass is 320 g/mol. The first kappa shape index (κ1) is 13.9. The standard InChI is InChI=1S/C14H10Cl2N4O/c1-17-14-19-7-10(16)13(20-14)21-11-5-4-9(15)8-3-2-6-18-12(8)11/h2-7H,1H3,(H,17,19,20). The number of fused-ring (bicyclic) bond motifs is 1. The summed E-state index contributed by atoms with van der Waals surface area (Å²) < 4.78 is 5.78. The highest BCUT2D eigenvalue weighted by Crippen LogP contribution is 2.34. The molecule has 0 saturated carbocycles. The fraction of sp³-hybridized carbons (Fsp3) is 0.0714. The Balaban J connectivity index is 2.08. The maximum absolute atomic E-state index is 6.15. The van der Waals surface area contributed by atoms with Crippen molar-refractivity contribution in [2.45, 2.75) is 0 Å². The lowest BCUT2D eigenvalue weighted by molar-refractivity contribution is 0.467. The molecule has 0 unspecified atom stereocenters. The van der Waals surface area contributed by atoms with Crippen molar-refractivity contribution >= 4 is 40.1 Å². The lowest BCUT2D eigenvalue weighted by Crippen LogP contribution is -1.98. The molecule has 0 saturated heterocycles. The molecule has 7 heteroatoms. The van der Waals surface area contributed by atoms with Gasteiger partial charge < -0.3 is 10.1 Å². The third-order valence-corrected chi connectivity index (χ3v) is 3.41. The van der Waals surface area contributed by atoms with E-state index in [0.29, 0.717) is 27.3 Å². The first-order chi connectivity index (χ1) is 10.2. The molecule has 0 atom stereocenters. The molecule has 3 rings (SSSR count). The number of nitrogens with zero attached hydrogens (tertiary/aromatic N) is 3. The summed E-state index contributed by atoms with van der Waals surface area (Å²) >= 11 is 12.2. The summed E-state index contributed by atoms with van der Waals surface area (Å²) in [5, 5.41) is 4.55. The second-order valence-electron chi connectivity index (χ2n) is 4.14. The second kappa shape index (κ2) is 5.71. The molecule has 2 aromatic heterocycles. The predicted octanol–water partition coefficient (Wildman–Crippen LogP) is 4.17. The molecule has 5 nitrogen and oxygen atoms in total. The van der Waals surface area contributed by atoms with Crippen molar-refractivity contribution in [1.82, 2.24) is 15.0 Å². The van der Waals surface area contributed by atoms with E-state index in [1.54, 1.807) is 25.4 Å². The molecule has 1 aromatic carbocycles. The minimum absolute atomic E-state index is 0.255. The van der Waals surface area contributed by atoms with Crippen LogP contribution in [0.25, 0.3) is 10.9 Å². The Morgan fingerprint density at radius 3 is 2.76 bits per heavy atom. The van der Waals surface area contributed by atoms with Crippen LogP contribution in [0.3, 0.4) is 0 Å². The minimum Gasteiger partial charge on any atom is -0.435 e. The van der Waals surface area contributed by atoms with Gasteiger partial charge in [0, 0.05) is 18.6 Å². The van der Waals surface area contributed by atoms with Crippen LogP contribution in [0, 0.1) is 0 Å². The highest BCUT2D eigenvalue weighted by molar-refractivity contribution is 6.35. The molecule has 106 valence electrons. The molecular formula is C14H10Cl2N4O. The van der Waals surface area contributed by atoms with E-state index in [0.717, 1.165) is 5.39 Å². The number of benzene rings is 1. The van der Waals surface area contributed by atoms with Gasteiger partial charge in [-0.3, -0.25) is 4.98 Å². The van der Waals surface area contributed by atoms with Crippen LogP contribution < -0.4 is 10.1 Å². The molecule has 3 aromatic rings. The number of hydrogen-bond donors (Lipinski definition) is 1. The van der Waals surface area contributed by atoms with Crippen LogP contribution in [0.5, 0.6) is 11.6 Å². The summed E-state index contributed by atoms with van der Waals surface area (Å²) in [5.74, 6) is 1.20. The van der Waals surface area contributed by atoms with E-state index in [2.05, 4.69) is 20.3 Å². The van der Waals surface area contributed by atoms with E-state index in [9.17, 15) is 0 Å². The molecule has 0 radical (unpaired) electrons. The number of halogens is 2. The molecular weight excluding hydrogens is 311 g/mol. The van der Waals surface area contributed by atoms with Crippen molar-refractivity contribution in [2.75, 3.05) is 12.4 Å². The largest absolute Gasteiger partial charge is 0.435 e. The summed E-state index contributed by atoms with van der Waals surface area (Å²) in [7, 11) is 1.71. The molecule has 2 heterocycles. The molecule has 1 N–H and O–H groups in total. The fourth-order valence-electron chi connectivity index (χ4n) is 1.84. The first-order valence-electron chi connectivity index (χ1n) is 6.10. The van der Waals surface area contributed by atoms with Crippen LogP contribution in [0.1, 0.15) is 0 Å². The first-order valence-corrected chi connectivity index (χ1v) is 6.86. The lowest BCUT2D eigenvalue weighted by Gasteiger charge is -2.10. The maximum Gasteiger partial charge on any atom is 0.243 e. The van der Waals surface area contributed by atoms with E-state index < -0.39 is 0 Å². The summed E-state index contributed by atoms with van der Waals surface area (Å²) in [6, 6.07) is 7.16. The van der Waals surface area contributed by atoms with E-state index in [-0.39, 0.29) is 5.88 Å². The van der Waals surface area contributed by atoms with E-state index >= 15 is 0 Å². The van der Waals surface area contributed by atoms with E-state index in [1.165, 1.54) is 6.20 Å². The quantitative estimate of drug-likeness (QED) is 0.785. The third kappa shape index (κ3) is 2.70. The maximum atomic E-state index is 6.15. The van der Waals surface area contributed by atoms with Crippen LogP contribution in [0.15, 0.2) is 36.7 Å². The van der Waals surface area contributed by atoms with Gasteiger partial charge in [-0.15, -0.1) is 0 Å². The van der Waals surface area contributed by atoms with Gasteiger partial charge >= 0.3 is 0 Å². The Morgan fingerprint density at radius 1 is 1.10 bits per heavy atom. The number of rotatable bonds is 3. The van der Waals surface area contributed by atoms with Gasteiger partial charge in [0.25, 0.3) is 0 Å². The number of nitrogens with one attached hydrogen (secondary N) is 1. The molecule has 21 heavy (non-hydrogen) atoms. The zero-order chi connectivity index (χ0) is 14.8. The fourth-order valence-corrected chi connectivity index (χ4v) is 2.19. The van der Waals surface area contributed by atoms with Gasteiger partial charge in [-0.25, -0.2) is 4.98 Å². The number of aromatic nitrogens is 3. The smallest absolute Gasteiger partial charge is 0.243 e. The third-order valence-electron chi connectivity index (χ3n) is 2.82. The molecule has 0 aliphatic rings. The number of pyridine rings is 1. The van der Waals surface area contributed by atoms with Crippen molar-refractivity contribution in [3.8, 4) is 11.6 Å². The molecule has 0 amide bonds. The van der Waals surface area contributed by atoms with Gasteiger partial charge in [0.05, 0.1) is 11.2 Å². The average Bonchev–Trinajstić information content (AvgIpc) is 2.52. The van der Waals surface area contributed by atoms with Gasteiger partial charge in [0.1, 0.15) is 10.5 Å².